The standard InChI is InChI=1S/C12H15Cl2NO5S/c1-2-7(3-4-16)15-21(19,20)11-5-8(12(17)18)9(13)6-10(11)14/h5-7,15-16H,2-4H2,1H3,(H,17,18). The summed E-state index contributed by atoms with van der Waals surface area (Å²) in [6, 6.07) is 1.52. The van der Waals surface area contributed by atoms with Crippen LogP contribution in [-0.2, 0) is 10.0 Å². The zero-order chi connectivity index (χ0) is 16.2. The molecular formula is C12H15Cl2NO5S. The van der Waals surface area contributed by atoms with Gasteiger partial charge in [0, 0.05) is 12.6 Å². The van der Waals surface area contributed by atoms with E-state index in [1.54, 1.807) is 6.92 Å². The molecule has 3 N–H and O–H groups in total. The first-order valence-corrected chi connectivity index (χ1v) is 8.32. The molecule has 0 saturated heterocycles. The highest BCUT2D eigenvalue weighted by molar-refractivity contribution is 7.89. The number of aromatic carboxylic acids is 1. The van der Waals surface area contributed by atoms with Gasteiger partial charge in [0.2, 0.25) is 10.0 Å². The summed E-state index contributed by atoms with van der Waals surface area (Å²) in [6.45, 7) is 1.59. The SMILES string of the molecule is CCC(CCO)NS(=O)(=O)c1cc(C(=O)O)c(Cl)cc1Cl. The second kappa shape index (κ2) is 7.42. The smallest absolute Gasteiger partial charge is 0.337 e. The lowest BCUT2D eigenvalue weighted by atomic mass is 10.2. The van der Waals surface area contributed by atoms with Crippen molar-refractivity contribution in [2.45, 2.75) is 30.7 Å². The predicted molar refractivity (Wildman–Crippen MR) is 79.5 cm³/mol. The highest BCUT2D eigenvalue weighted by atomic mass is 35.5. The average molecular weight is 356 g/mol. The minimum Gasteiger partial charge on any atom is -0.478 e. The van der Waals surface area contributed by atoms with Crippen LogP contribution in [0.1, 0.15) is 30.1 Å². The molecular weight excluding hydrogens is 341 g/mol. The minimum atomic E-state index is -4.01. The molecule has 0 radical (unpaired) electrons. The molecule has 0 spiro atoms. The van der Waals surface area contributed by atoms with E-state index in [-0.39, 0.29) is 33.5 Å². The summed E-state index contributed by atoms with van der Waals surface area (Å²) < 4.78 is 26.9. The van der Waals surface area contributed by atoms with Crippen LogP contribution in [0.25, 0.3) is 0 Å². The van der Waals surface area contributed by atoms with Crippen molar-refractivity contribution in [2.24, 2.45) is 0 Å². The van der Waals surface area contributed by atoms with Crippen molar-refractivity contribution in [3.05, 3.63) is 27.7 Å². The Morgan fingerprint density at radius 1 is 1.33 bits per heavy atom. The third kappa shape index (κ3) is 4.55. The molecule has 0 heterocycles. The molecule has 1 atom stereocenters. The molecule has 9 heteroatoms. The van der Waals surface area contributed by atoms with Crippen LogP contribution in [0.4, 0.5) is 0 Å². The van der Waals surface area contributed by atoms with Crippen molar-refractivity contribution in [3.63, 3.8) is 0 Å². The van der Waals surface area contributed by atoms with Gasteiger partial charge in [-0.2, -0.15) is 0 Å². The van der Waals surface area contributed by atoms with Gasteiger partial charge in [0.25, 0.3) is 0 Å². The summed E-state index contributed by atoms with van der Waals surface area (Å²) in [5.41, 5.74) is -0.350. The number of benzene rings is 1. The van der Waals surface area contributed by atoms with Crippen LogP contribution in [0.3, 0.4) is 0 Å². The second-order valence-electron chi connectivity index (χ2n) is 4.31. The van der Waals surface area contributed by atoms with Crippen LogP contribution in [0.5, 0.6) is 0 Å². The van der Waals surface area contributed by atoms with Crippen molar-refractivity contribution >= 4 is 39.2 Å². The molecule has 0 aliphatic heterocycles. The number of aliphatic hydroxyl groups excluding tert-OH is 1. The van der Waals surface area contributed by atoms with Crippen LogP contribution in [0.2, 0.25) is 10.0 Å². The summed E-state index contributed by atoms with van der Waals surface area (Å²) in [5.74, 6) is -1.35. The van der Waals surface area contributed by atoms with E-state index in [0.29, 0.717) is 6.42 Å². The molecule has 0 aliphatic rings. The molecule has 1 rings (SSSR count). The normalized spacial score (nSPS) is 13.1. The molecule has 21 heavy (non-hydrogen) atoms. The minimum absolute atomic E-state index is 0.145. The van der Waals surface area contributed by atoms with Crippen molar-refractivity contribution in [3.8, 4) is 0 Å². The number of halogens is 2. The molecule has 0 fully saturated rings. The van der Waals surface area contributed by atoms with E-state index in [1.165, 1.54) is 0 Å². The van der Waals surface area contributed by atoms with Gasteiger partial charge in [-0.05, 0) is 25.0 Å². The lowest BCUT2D eigenvalue weighted by Crippen LogP contribution is -2.35. The number of hydrogen-bond donors (Lipinski definition) is 3. The Kier molecular flexibility index (Phi) is 6.42. The van der Waals surface area contributed by atoms with Gasteiger partial charge in [0.15, 0.2) is 0 Å². The van der Waals surface area contributed by atoms with E-state index in [9.17, 15) is 13.2 Å². The Bertz CT molecular complexity index is 633. The number of sulfonamides is 1. The summed E-state index contributed by atoms with van der Waals surface area (Å²) in [4.78, 5) is 10.7. The average Bonchev–Trinajstić information content (AvgIpc) is 2.37. The molecule has 0 amide bonds. The Balaban J connectivity index is 3.25. The van der Waals surface area contributed by atoms with E-state index in [0.717, 1.165) is 12.1 Å². The van der Waals surface area contributed by atoms with Gasteiger partial charge in [-0.3, -0.25) is 0 Å². The maximum Gasteiger partial charge on any atom is 0.337 e. The molecule has 6 nitrogen and oxygen atoms in total. The Hall–Kier alpha value is -0.860. The highest BCUT2D eigenvalue weighted by Gasteiger charge is 2.24. The number of carboxylic acid groups (broad SMARTS) is 1. The Morgan fingerprint density at radius 2 is 1.95 bits per heavy atom. The molecule has 0 bridgehead atoms. The second-order valence-corrected chi connectivity index (χ2v) is 6.80. The molecule has 1 aromatic rings. The van der Waals surface area contributed by atoms with Crippen molar-refractivity contribution < 1.29 is 23.4 Å². The molecule has 0 aromatic heterocycles. The number of carbonyl (C=O) groups is 1. The molecule has 118 valence electrons. The predicted octanol–water partition coefficient (Wildman–Crippen LogP) is 2.13. The summed E-state index contributed by atoms with van der Waals surface area (Å²) in [5, 5.41) is 17.6. The van der Waals surface area contributed by atoms with Gasteiger partial charge < -0.3 is 10.2 Å². The number of hydrogen-bond acceptors (Lipinski definition) is 4. The maximum absolute atomic E-state index is 12.3. The lowest BCUT2D eigenvalue weighted by Gasteiger charge is -2.17. The Labute approximate surface area is 132 Å². The van der Waals surface area contributed by atoms with Gasteiger partial charge in [0.05, 0.1) is 15.6 Å². The topological polar surface area (TPSA) is 104 Å². The van der Waals surface area contributed by atoms with Crippen molar-refractivity contribution in [2.75, 3.05) is 6.61 Å². The van der Waals surface area contributed by atoms with E-state index >= 15 is 0 Å². The Morgan fingerprint density at radius 3 is 2.43 bits per heavy atom. The monoisotopic (exact) mass is 355 g/mol. The van der Waals surface area contributed by atoms with E-state index in [1.807, 2.05) is 0 Å². The maximum atomic E-state index is 12.3. The summed E-state index contributed by atoms with van der Waals surface area (Å²) in [6.07, 6.45) is 0.712. The first kappa shape index (κ1) is 18.2. The van der Waals surface area contributed by atoms with Crippen LogP contribution >= 0.6 is 23.2 Å². The fourth-order valence-electron chi connectivity index (χ4n) is 1.68. The van der Waals surface area contributed by atoms with Gasteiger partial charge >= 0.3 is 5.97 Å². The molecule has 0 saturated carbocycles. The third-order valence-electron chi connectivity index (χ3n) is 2.83. The van der Waals surface area contributed by atoms with Crippen LogP contribution in [0, 0.1) is 0 Å². The number of rotatable bonds is 7. The fraction of sp³-hybridized carbons (Fsp3) is 0.417. The van der Waals surface area contributed by atoms with Crippen LogP contribution in [0.15, 0.2) is 17.0 Å². The first-order chi connectivity index (χ1) is 9.72. The van der Waals surface area contributed by atoms with Crippen molar-refractivity contribution in [1.82, 2.24) is 4.72 Å². The van der Waals surface area contributed by atoms with E-state index in [2.05, 4.69) is 4.72 Å². The number of carboxylic acids is 1. The third-order valence-corrected chi connectivity index (χ3v) is 5.13. The fourth-order valence-corrected chi connectivity index (χ4v) is 3.89. The quantitative estimate of drug-likeness (QED) is 0.694. The van der Waals surface area contributed by atoms with E-state index in [4.69, 9.17) is 33.4 Å². The summed E-state index contributed by atoms with van der Waals surface area (Å²) in [7, 11) is -4.01. The zero-order valence-electron chi connectivity index (χ0n) is 11.1. The van der Waals surface area contributed by atoms with Crippen molar-refractivity contribution in [1.29, 1.82) is 0 Å². The number of aliphatic hydroxyl groups is 1. The van der Waals surface area contributed by atoms with Gasteiger partial charge in [-0.25, -0.2) is 17.9 Å². The van der Waals surface area contributed by atoms with Gasteiger partial charge in [-0.15, -0.1) is 0 Å². The zero-order valence-corrected chi connectivity index (χ0v) is 13.5. The molecule has 1 unspecified atom stereocenters. The van der Waals surface area contributed by atoms with Gasteiger partial charge in [-0.1, -0.05) is 30.1 Å². The lowest BCUT2D eigenvalue weighted by molar-refractivity contribution is 0.0697. The molecule has 1 aromatic carbocycles. The first-order valence-electron chi connectivity index (χ1n) is 6.08. The highest BCUT2D eigenvalue weighted by Crippen LogP contribution is 2.29. The largest absolute Gasteiger partial charge is 0.478 e. The van der Waals surface area contributed by atoms with Crippen LogP contribution < -0.4 is 4.72 Å². The van der Waals surface area contributed by atoms with Gasteiger partial charge in [0.1, 0.15) is 4.90 Å². The van der Waals surface area contributed by atoms with E-state index < -0.39 is 22.0 Å². The van der Waals surface area contributed by atoms with Crippen LogP contribution in [-0.4, -0.2) is 37.2 Å². The number of nitrogens with one attached hydrogen (secondary N) is 1. The summed E-state index contributed by atoms with van der Waals surface area (Å²) >= 11 is 11.6. The molecule has 0 aliphatic carbocycles.